The molecule has 5 heteroatoms. The molecule has 0 spiro atoms. The first-order chi connectivity index (χ1) is 9.35. The predicted molar refractivity (Wildman–Crippen MR) is 84.9 cm³/mol. The highest BCUT2D eigenvalue weighted by Gasteiger charge is 2.16. The Morgan fingerprint density at radius 2 is 2.10 bits per heavy atom. The van der Waals surface area contributed by atoms with Crippen molar-refractivity contribution in [2.24, 2.45) is 0 Å². The van der Waals surface area contributed by atoms with Crippen LogP contribution in [0.2, 0.25) is 0 Å². The van der Waals surface area contributed by atoms with Crippen LogP contribution in [0.1, 0.15) is 39.6 Å². The zero-order valence-corrected chi connectivity index (χ0v) is 13.2. The van der Waals surface area contributed by atoms with E-state index in [9.17, 15) is 4.79 Å². The number of amides is 1. The van der Waals surface area contributed by atoms with Gasteiger partial charge in [0.25, 0.3) is 0 Å². The number of nitrogens with one attached hydrogen (secondary N) is 2. The summed E-state index contributed by atoms with van der Waals surface area (Å²) in [5, 5.41) is 2.98. The average molecular weight is 291 g/mol. The fraction of sp³-hybridized carbons (Fsp3) is 0.467. The SMILES string of the molecule is C[C@H](NC(=O)CSC(C)(C)C)c1nc2ccccc2[nH]1. The van der Waals surface area contributed by atoms with Gasteiger partial charge in [-0.05, 0) is 19.1 Å². The van der Waals surface area contributed by atoms with Crippen molar-refractivity contribution in [3.63, 3.8) is 0 Å². The van der Waals surface area contributed by atoms with E-state index >= 15 is 0 Å². The van der Waals surface area contributed by atoms with Crippen molar-refractivity contribution in [2.45, 2.75) is 38.5 Å². The minimum atomic E-state index is -0.115. The van der Waals surface area contributed by atoms with Crippen molar-refractivity contribution in [2.75, 3.05) is 5.75 Å². The summed E-state index contributed by atoms with van der Waals surface area (Å²) >= 11 is 1.64. The molecule has 0 aliphatic carbocycles. The largest absolute Gasteiger partial charge is 0.346 e. The molecule has 0 aliphatic rings. The molecule has 0 fully saturated rings. The molecular formula is C15H21N3OS. The molecule has 0 saturated carbocycles. The van der Waals surface area contributed by atoms with E-state index in [0.29, 0.717) is 5.75 Å². The number of hydrogen-bond donors (Lipinski definition) is 2. The Balaban J connectivity index is 1.97. The van der Waals surface area contributed by atoms with Crippen molar-refractivity contribution in [1.82, 2.24) is 15.3 Å². The lowest BCUT2D eigenvalue weighted by molar-refractivity contribution is -0.119. The number of benzene rings is 1. The fourth-order valence-electron chi connectivity index (χ4n) is 1.81. The maximum atomic E-state index is 11.9. The van der Waals surface area contributed by atoms with Gasteiger partial charge in [-0.1, -0.05) is 32.9 Å². The van der Waals surface area contributed by atoms with Crippen LogP contribution in [0.3, 0.4) is 0 Å². The van der Waals surface area contributed by atoms with E-state index in [2.05, 4.69) is 36.1 Å². The van der Waals surface area contributed by atoms with Gasteiger partial charge in [0.1, 0.15) is 5.82 Å². The first-order valence-corrected chi connectivity index (χ1v) is 7.72. The van der Waals surface area contributed by atoms with Crippen molar-refractivity contribution in [3.05, 3.63) is 30.1 Å². The number of carbonyl (C=O) groups excluding carboxylic acids is 1. The van der Waals surface area contributed by atoms with Crippen LogP contribution >= 0.6 is 11.8 Å². The van der Waals surface area contributed by atoms with Gasteiger partial charge in [-0.25, -0.2) is 4.98 Å². The summed E-state index contributed by atoms with van der Waals surface area (Å²) < 4.78 is 0.0972. The normalized spacial score (nSPS) is 13.4. The van der Waals surface area contributed by atoms with E-state index in [1.165, 1.54) is 0 Å². The molecule has 4 nitrogen and oxygen atoms in total. The molecule has 1 heterocycles. The average Bonchev–Trinajstić information content (AvgIpc) is 2.79. The van der Waals surface area contributed by atoms with Gasteiger partial charge in [-0.15, -0.1) is 11.8 Å². The highest BCUT2D eigenvalue weighted by molar-refractivity contribution is 8.01. The first kappa shape index (κ1) is 14.9. The second-order valence-corrected chi connectivity index (χ2v) is 7.63. The number of thioether (sulfide) groups is 1. The minimum absolute atomic E-state index is 0.0397. The highest BCUT2D eigenvalue weighted by Crippen LogP contribution is 2.23. The lowest BCUT2D eigenvalue weighted by atomic mass is 10.3. The number of fused-ring (bicyclic) bond motifs is 1. The monoisotopic (exact) mass is 291 g/mol. The Morgan fingerprint density at radius 1 is 1.40 bits per heavy atom. The van der Waals surface area contributed by atoms with Crippen molar-refractivity contribution < 1.29 is 4.79 Å². The van der Waals surface area contributed by atoms with Crippen LogP contribution in [0, 0.1) is 0 Å². The van der Waals surface area contributed by atoms with Gasteiger partial charge in [0.2, 0.25) is 5.91 Å². The van der Waals surface area contributed by atoms with E-state index < -0.39 is 0 Å². The quantitative estimate of drug-likeness (QED) is 0.909. The molecule has 0 radical (unpaired) electrons. The number of imidazole rings is 1. The van der Waals surface area contributed by atoms with Crippen LogP contribution < -0.4 is 5.32 Å². The zero-order valence-electron chi connectivity index (χ0n) is 12.4. The number of H-pyrrole nitrogens is 1. The van der Waals surface area contributed by atoms with Gasteiger partial charge in [-0.3, -0.25) is 4.79 Å². The second kappa shape index (κ2) is 5.87. The number of rotatable bonds is 4. The van der Waals surface area contributed by atoms with E-state index in [1.54, 1.807) is 11.8 Å². The number of aromatic amines is 1. The maximum Gasteiger partial charge on any atom is 0.230 e. The third kappa shape index (κ3) is 4.00. The summed E-state index contributed by atoms with van der Waals surface area (Å²) in [5.74, 6) is 1.30. The summed E-state index contributed by atoms with van der Waals surface area (Å²) in [7, 11) is 0. The lowest BCUT2D eigenvalue weighted by Crippen LogP contribution is -2.30. The Hall–Kier alpha value is -1.49. The Morgan fingerprint density at radius 3 is 2.75 bits per heavy atom. The minimum Gasteiger partial charge on any atom is -0.346 e. The summed E-state index contributed by atoms with van der Waals surface area (Å²) in [5.41, 5.74) is 1.92. The molecular weight excluding hydrogens is 270 g/mol. The first-order valence-electron chi connectivity index (χ1n) is 6.73. The van der Waals surface area contributed by atoms with Gasteiger partial charge < -0.3 is 10.3 Å². The summed E-state index contributed by atoms with van der Waals surface area (Å²) in [6.07, 6.45) is 0. The van der Waals surface area contributed by atoms with E-state index in [4.69, 9.17) is 0 Å². The molecule has 2 aromatic rings. The van der Waals surface area contributed by atoms with Gasteiger partial charge in [0, 0.05) is 4.75 Å². The number of nitrogens with zero attached hydrogens (tertiary/aromatic N) is 1. The Kier molecular flexibility index (Phi) is 4.38. The molecule has 1 amide bonds. The lowest BCUT2D eigenvalue weighted by Gasteiger charge is -2.18. The molecule has 0 unspecified atom stereocenters. The molecule has 2 N–H and O–H groups in total. The topological polar surface area (TPSA) is 57.8 Å². The van der Waals surface area contributed by atoms with Crippen LogP contribution in [0.5, 0.6) is 0 Å². The van der Waals surface area contributed by atoms with Crippen molar-refractivity contribution in [3.8, 4) is 0 Å². The second-order valence-electron chi connectivity index (χ2n) is 5.83. The zero-order chi connectivity index (χ0) is 14.8. The molecule has 20 heavy (non-hydrogen) atoms. The molecule has 1 atom stereocenters. The highest BCUT2D eigenvalue weighted by atomic mass is 32.2. The molecule has 108 valence electrons. The van der Waals surface area contributed by atoms with E-state index in [1.807, 2.05) is 31.2 Å². The van der Waals surface area contributed by atoms with Gasteiger partial charge in [-0.2, -0.15) is 0 Å². The van der Waals surface area contributed by atoms with Gasteiger partial charge >= 0.3 is 0 Å². The number of hydrogen-bond acceptors (Lipinski definition) is 3. The van der Waals surface area contributed by atoms with E-state index in [-0.39, 0.29) is 16.7 Å². The van der Waals surface area contributed by atoms with Crippen LogP contribution in [0.25, 0.3) is 11.0 Å². The fourth-order valence-corrected chi connectivity index (χ4v) is 2.46. The van der Waals surface area contributed by atoms with E-state index in [0.717, 1.165) is 16.9 Å². The number of carbonyl (C=O) groups is 1. The predicted octanol–water partition coefficient (Wildman–Crippen LogP) is 3.27. The molecule has 0 bridgehead atoms. The van der Waals surface area contributed by atoms with Crippen molar-refractivity contribution >= 4 is 28.7 Å². The standard InChI is InChI=1S/C15H21N3OS/c1-10(16-13(19)9-20-15(2,3)4)14-17-11-7-5-6-8-12(11)18-14/h5-8,10H,9H2,1-4H3,(H,16,19)(H,17,18)/t10-/m0/s1. The van der Waals surface area contributed by atoms with Crippen molar-refractivity contribution in [1.29, 1.82) is 0 Å². The Bertz CT molecular complexity index is 567. The van der Waals surface area contributed by atoms with Crippen LogP contribution in [0.4, 0.5) is 0 Å². The molecule has 1 aromatic carbocycles. The summed E-state index contributed by atoms with van der Waals surface area (Å²) in [6, 6.07) is 7.74. The maximum absolute atomic E-state index is 11.9. The number of para-hydroxylation sites is 2. The Labute approximate surface area is 123 Å². The smallest absolute Gasteiger partial charge is 0.230 e. The summed E-state index contributed by atoms with van der Waals surface area (Å²) in [4.78, 5) is 19.7. The third-order valence-corrected chi connectivity index (χ3v) is 4.10. The molecule has 2 rings (SSSR count). The molecule has 0 aliphatic heterocycles. The number of aromatic nitrogens is 2. The van der Waals surface area contributed by atoms with Gasteiger partial charge in [0.15, 0.2) is 0 Å². The molecule has 1 aromatic heterocycles. The van der Waals surface area contributed by atoms with Crippen LogP contribution in [-0.2, 0) is 4.79 Å². The molecule has 0 saturated heterocycles. The third-order valence-electron chi connectivity index (χ3n) is 2.83. The summed E-state index contributed by atoms with van der Waals surface area (Å²) in [6.45, 7) is 8.26. The van der Waals surface area contributed by atoms with Crippen LogP contribution in [0.15, 0.2) is 24.3 Å². The van der Waals surface area contributed by atoms with Crippen LogP contribution in [-0.4, -0.2) is 26.4 Å². The van der Waals surface area contributed by atoms with Gasteiger partial charge in [0.05, 0.1) is 22.8 Å².